The third-order valence-corrected chi connectivity index (χ3v) is 4.29. The van der Waals surface area contributed by atoms with Crippen LogP contribution in [-0.2, 0) is 0 Å². The van der Waals surface area contributed by atoms with Crippen LogP contribution >= 0.6 is 15.9 Å². The minimum Gasteiger partial charge on any atom is -0.345 e. The van der Waals surface area contributed by atoms with E-state index in [1.807, 2.05) is 12.3 Å². The van der Waals surface area contributed by atoms with Crippen LogP contribution in [0.4, 0.5) is 0 Å². The molecular formula is C19H13BrN2. The van der Waals surface area contributed by atoms with Crippen LogP contribution in [0.3, 0.4) is 0 Å². The number of aromatic nitrogens is 2. The van der Waals surface area contributed by atoms with Gasteiger partial charge in [-0.3, -0.25) is 0 Å². The Balaban J connectivity index is 1.95. The van der Waals surface area contributed by atoms with Gasteiger partial charge in [0.1, 0.15) is 5.82 Å². The molecule has 106 valence electrons. The van der Waals surface area contributed by atoms with Gasteiger partial charge in [0.15, 0.2) is 0 Å². The second-order valence-corrected chi connectivity index (χ2v) is 6.11. The summed E-state index contributed by atoms with van der Waals surface area (Å²) < 4.78 is 1.06. The number of halogens is 1. The molecule has 4 rings (SSSR count). The molecule has 2 nitrogen and oxygen atoms in total. The van der Waals surface area contributed by atoms with Gasteiger partial charge in [0.05, 0.1) is 0 Å². The number of rotatable bonds is 2. The molecule has 0 bridgehead atoms. The summed E-state index contributed by atoms with van der Waals surface area (Å²) >= 11 is 3.58. The Morgan fingerprint density at radius 1 is 0.818 bits per heavy atom. The summed E-state index contributed by atoms with van der Waals surface area (Å²) in [5.41, 5.74) is 3.45. The van der Waals surface area contributed by atoms with E-state index in [1.54, 1.807) is 6.20 Å². The predicted molar refractivity (Wildman–Crippen MR) is 94.7 cm³/mol. The van der Waals surface area contributed by atoms with Crippen molar-refractivity contribution in [3.8, 4) is 22.5 Å². The minimum atomic E-state index is 0.885. The summed E-state index contributed by atoms with van der Waals surface area (Å²) in [4.78, 5) is 7.59. The Morgan fingerprint density at radius 3 is 2.50 bits per heavy atom. The molecule has 0 atom stereocenters. The van der Waals surface area contributed by atoms with Gasteiger partial charge in [0.2, 0.25) is 0 Å². The lowest BCUT2D eigenvalue weighted by molar-refractivity contribution is 1.31. The van der Waals surface area contributed by atoms with E-state index in [-0.39, 0.29) is 0 Å². The first-order valence-electron chi connectivity index (χ1n) is 7.10. The van der Waals surface area contributed by atoms with Crippen LogP contribution in [0.5, 0.6) is 0 Å². The third-order valence-electron chi connectivity index (χ3n) is 3.80. The Morgan fingerprint density at radius 2 is 1.68 bits per heavy atom. The third kappa shape index (κ3) is 2.34. The molecule has 0 unspecified atom stereocenters. The largest absolute Gasteiger partial charge is 0.345 e. The molecule has 1 aromatic heterocycles. The zero-order chi connectivity index (χ0) is 14.9. The van der Waals surface area contributed by atoms with E-state index >= 15 is 0 Å². The van der Waals surface area contributed by atoms with E-state index in [0.717, 1.165) is 21.4 Å². The molecule has 0 fully saturated rings. The summed E-state index contributed by atoms with van der Waals surface area (Å²) in [6, 6.07) is 21.2. The van der Waals surface area contributed by atoms with E-state index in [1.165, 1.54) is 16.3 Å². The average Bonchev–Trinajstić information content (AvgIpc) is 3.08. The van der Waals surface area contributed by atoms with Crippen molar-refractivity contribution in [2.75, 3.05) is 0 Å². The predicted octanol–water partition coefficient (Wildman–Crippen LogP) is 5.66. The second kappa shape index (κ2) is 5.43. The van der Waals surface area contributed by atoms with Crippen molar-refractivity contribution >= 4 is 26.7 Å². The van der Waals surface area contributed by atoms with Gasteiger partial charge in [-0.05, 0) is 46.2 Å². The number of hydrogen-bond donors (Lipinski definition) is 1. The van der Waals surface area contributed by atoms with E-state index < -0.39 is 0 Å². The number of nitrogens with zero attached hydrogens (tertiary/aromatic N) is 1. The highest BCUT2D eigenvalue weighted by Gasteiger charge is 2.10. The van der Waals surface area contributed by atoms with Gasteiger partial charge in [0.25, 0.3) is 0 Å². The lowest BCUT2D eigenvalue weighted by atomic mass is 9.97. The molecular weight excluding hydrogens is 336 g/mol. The molecule has 4 aromatic rings. The number of fused-ring (bicyclic) bond motifs is 1. The monoisotopic (exact) mass is 348 g/mol. The summed E-state index contributed by atoms with van der Waals surface area (Å²) in [5, 5.41) is 2.49. The standard InChI is InChI=1S/C19H13BrN2/c20-16-7-8-17(19-21-9-10-22-19)18(12-16)15-6-5-13-3-1-2-4-14(13)11-15/h1-12H,(H,21,22). The molecule has 1 heterocycles. The zero-order valence-electron chi connectivity index (χ0n) is 11.8. The van der Waals surface area contributed by atoms with E-state index in [9.17, 15) is 0 Å². The fourth-order valence-corrected chi connectivity index (χ4v) is 3.09. The highest BCUT2D eigenvalue weighted by molar-refractivity contribution is 9.10. The SMILES string of the molecule is Brc1ccc(-c2ncc[nH]2)c(-c2ccc3ccccc3c2)c1. The topological polar surface area (TPSA) is 28.7 Å². The van der Waals surface area contributed by atoms with Crippen LogP contribution in [0.15, 0.2) is 77.5 Å². The summed E-state index contributed by atoms with van der Waals surface area (Å²) in [7, 11) is 0. The number of benzene rings is 3. The number of imidazole rings is 1. The molecule has 3 heteroatoms. The van der Waals surface area contributed by atoms with Gasteiger partial charge >= 0.3 is 0 Å². The smallest absolute Gasteiger partial charge is 0.137 e. The first kappa shape index (κ1) is 13.3. The average molecular weight is 349 g/mol. The Bertz CT molecular complexity index is 943. The highest BCUT2D eigenvalue weighted by Crippen LogP contribution is 2.34. The van der Waals surface area contributed by atoms with Crippen molar-refractivity contribution in [2.45, 2.75) is 0 Å². The molecule has 0 aliphatic heterocycles. The summed E-state index contributed by atoms with van der Waals surface area (Å²) in [5.74, 6) is 0.885. The van der Waals surface area contributed by atoms with Crippen molar-refractivity contribution in [3.63, 3.8) is 0 Å². The summed E-state index contributed by atoms with van der Waals surface area (Å²) in [6.07, 6.45) is 3.63. The van der Waals surface area contributed by atoms with Crippen LogP contribution in [-0.4, -0.2) is 9.97 Å². The lowest BCUT2D eigenvalue weighted by Gasteiger charge is -2.10. The van der Waals surface area contributed by atoms with Crippen molar-refractivity contribution < 1.29 is 0 Å². The molecule has 0 spiro atoms. The molecule has 22 heavy (non-hydrogen) atoms. The quantitative estimate of drug-likeness (QED) is 0.497. The van der Waals surface area contributed by atoms with Gasteiger partial charge in [-0.1, -0.05) is 52.3 Å². The maximum atomic E-state index is 4.39. The van der Waals surface area contributed by atoms with Crippen LogP contribution in [0, 0.1) is 0 Å². The fourth-order valence-electron chi connectivity index (χ4n) is 2.73. The number of hydrogen-bond acceptors (Lipinski definition) is 1. The second-order valence-electron chi connectivity index (χ2n) is 5.19. The first-order chi connectivity index (χ1) is 10.8. The Hall–Kier alpha value is -2.39. The summed E-state index contributed by atoms with van der Waals surface area (Å²) in [6.45, 7) is 0. The van der Waals surface area contributed by atoms with E-state index in [0.29, 0.717) is 0 Å². The normalized spacial score (nSPS) is 11.0. The van der Waals surface area contributed by atoms with Gasteiger partial charge in [-0.15, -0.1) is 0 Å². The molecule has 0 aliphatic carbocycles. The first-order valence-corrected chi connectivity index (χ1v) is 7.89. The van der Waals surface area contributed by atoms with Gasteiger partial charge in [-0.25, -0.2) is 4.98 Å². The van der Waals surface area contributed by atoms with Crippen molar-refractivity contribution in [1.29, 1.82) is 0 Å². The minimum absolute atomic E-state index is 0.885. The molecule has 0 saturated carbocycles. The number of H-pyrrole nitrogens is 1. The van der Waals surface area contributed by atoms with E-state index in [2.05, 4.69) is 80.5 Å². The lowest BCUT2D eigenvalue weighted by Crippen LogP contribution is -1.87. The molecule has 1 N–H and O–H groups in total. The highest BCUT2D eigenvalue weighted by atomic mass is 79.9. The fraction of sp³-hybridized carbons (Fsp3) is 0. The van der Waals surface area contributed by atoms with Crippen molar-refractivity contribution in [2.24, 2.45) is 0 Å². The Kier molecular flexibility index (Phi) is 3.28. The van der Waals surface area contributed by atoms with Gasteiger partial charge in [-0.2, -0.15) is 0 Å². The molecule has 0 amide bonds. The van der Waals surface area contributed by atoms with Crippen molar-refractivity contribution in [1.82, 2.24) is 9.97 Å². The number of nitrogens with one attached hydrogen (secondary N) is 1. The van der Waals surface area contributed by atoms with Crippen molar-refractivity contribution in [3.05, 3.63) is 77.5 Å². The number of aromatic amines is 1. The maximum absolute atomic E-state index is 4.39. The van der Waals surface area contributed by atoms with Gasteiger partial charge < -0.3 is 4.98 Å². The van der Waals surface area contributed by atoms with Gasteiger partial charge in [0, 0.05) is 22.4 Å². The molecule has 0 radical (unpaired) electrons. The van der Waals surface area contributed by atoms with E-state index in [4.69, 9.17) is 0 Å². The van der Waals surface area contributed by atoms with Crippen LogP contribution in [0.1, 0.15) is 0 Å². The molecule has 0 aliphatic rings. The van der Waals surface area contributed by atoms with Crippen LogP contribution in [0.25, 0.3) is 33.3 Å². The molecule has 0 saturated heterocycles. The van der Waals surface area contributed by atoms with Crippen LogP contribution in [0.2, 0.25) is 0 Å². The Labute approximate surface area is 137 Å². The molecule has 3 aromatic carbocycles. The maximum Gasteiger partial charge on any atom is 0.137 e. The zero-order valence-corrected chi connectivity index (χ0v) is 13.3. The van der Waals surface area contributed by atoms with Crippen LogP contribution < -0.4 is 0 Å².